The molecule has 0 unspecified atom stereocenters. The number of halogens is 1. The molecule has 84 valence electrons. The molecule has 0 saturated carbocycles. The molecule has 2 heterocycles. The van der Waals surface area contributed by atoms with Crippen molar-refractivity contribution in [1.82, 2.24) is 15.2 Å². The van der Waals surface area contributed by atoms with Crippen LogP contribution in [0.1, 0.15) is 16.1 Å². The van der Waals surface area contributed by atoms with Crippen molar-refractivity contribution in [3.63, 3.8) is 0 Å². The third-order valence-electron chi connectivity index (χ3n) is 2.03. The van der Waals surface area contributed by atoms with E-state index in [1.54, 1.807) is 23.1 Å². The van der Waals surface area contributed by atoms with Gasteiger partial charge in [0.05, 0.1) is 29.0 Å². The summed E-state index contributed by atoms with van der Waals surface area (Å²) in [6, 6.07) is 1.57. The van der Waals surface area contributed by atoms with Gasteiger partial charge in [-0.25, -0.2) is 5.84 Å². The van der Waals surface area contributed by atoms with Crippen molar-refractivity contribution < 1.29 is 9.21 Å². The Kier molecular flexibility index (Phi) is 3.07. The Labute approximate surface area is 99.5 Å². The van der Waals surface area contributed by atoms with E-state index >= 15 is 0 Å². The average Bonchev–Trinajstić information content (AvgIpc) is 2.87. The molecule has 2 aromatic rings. The number of nitrogens with one attached hydrogen (secondary N) is 1. The second-order valence-electron chi connectivity index (χ2n) is 3.09. The largest absolute Gasteiger partial charge is 0.467 e. The first-order valence-electron chi connectivity index (χ1n) is 4.46. The molecule has 0 aliphatic rings. The minimum atomic E-state index is -0.380. The number of rotatable bonds is 3. The monoisotopic (exact) mass is 284 g/mol. The van der Waals surface area contributed by atoms with Gasteiger partial charge in [0.2, 0.25) is 0 Å². The summed E-state index contributed by atoms with van der Waals surface area (Å²) >= 11 is 3.28. The number of carbonyl (C=O) groups excluding carboxylic acids is 1. The van der Waals surface area contributed by atoms with Gasteiger partial charge >= 0.3 is 0 Å². The Morgan fingerprint density at radius 3 is 3.12 bits per heavy atom. The van der Waals surface area contributed by atoms with E-state index in [-0.39, 0.29) is 5.91 Å². The molecule has 0 atom stereocenters. The molecule has 16 heavy (non-hydrogen) atoms. The fourth-order valence-electron chi connectivity index (χ4n) is 1.32. The second-order valence-corrected chi connectivity index (χ2v) is 4.00. The summed E-state index contributed by atoms with van der Waals surface area (Å²) in [4.78, 5) is 11.4. The van der Waals surface area contributed by atoms with E-state index in [1.807, 2.05) is 0 Å². The Hall–Kier alpha value is -1.60. The number of hydrogen-bond acceptors (Lipinski definition) is 4. The molecule has 0 aliphatic carbocycles. The molecule has 3 N–H and O–H groups in total. The molecule has 6 nitrogen and oxygen atoms in total. The molecule has 2 rings (SSSR count). The van der Waals surface area contributed by atoms with E-state index in [0.717, 1.165) is 4.47 Å². The van der Waals surface area contributed by atoms with Gasteiger partial charge in [0.25, 0.3) is 5.91 Å². The summed E-state index contributed by atoms with van der Waals surface area (Å²) < 4.78 is 7.72. The van der Waals surface area contributed by atoms with Crippen LogP contribution in [0.25, 0.3) is 0 Å². The molecule has 0 saturated heterocycles. The number of hydrazine groups is 1. The number of amides is 1. The number of carbonyl (C=O) groups is 1. The number of nitrogen functional groups attached to an aromatic ring is 1. The zero-order valence-corrected chi connectivity index (χ0v) is 9.77. The van der Waals surface area contributed by atoms with Gasteiger partial charge < -0.3 is 4.42 Å². The van der Waals surface area contributed by atoms with Crippen molar-refractivity contribution >= 4 is 21.8 Å². The predicted octanol–water partition coefficient (Wildman–Crippen LogP) is 0.890. The van der Waals surface area contributed by atoms with Gasteiger partial charge in [0, 0.05) is 6.20 Å². The van der Waals surface area contributed by atoms with Crippen LogP contribution in [0, 0.1) is 0 Å². The van der Waals surface area contributed by atoms with Gasteiger partial charge in [-0.05, 0) is 22.0 Å². The van der Waals surface area contributed by atoms with Crippen LogP contribution >= 0.6 is 15.9 Å². The number of nitrogens with zero attached hydrogens (tertiary/aromatic N) is 2. The molecule has 0 aliphatic heterocycles. The molecule has 7 heteroatoms. The van der Waals surface area contributed by atoms with E-state index in [0.29, 0.717) is 17.9 Å². The maximum Gasteiger partial charge on any atom is 0.268 e. The predicted molar refractivity (Wildman–Crippen MR) is 59.4 cm³/mol. The Morgan fingerprint density at radius 2 is 2.50 bits per heavy atom. The average molecular weight is 285 g/mol. The van der Waals surface area contributed by atoms with Crippen LogP contribution in [0.2, 0.25) is 0 Å². The molecule has 0 aromatic carbocycles. The molecule has 0 bridgehead atoms. The fourth-order valence-corrected chi connectivity index (χ4v) is 1.64. The normalized spacial score (nSPS) is 10.4. The van der Waals surface area contributed by atoms with Gasteiger partial charge in [0.15, 0.2) is 0 Å². The van der Waals surface area contributed by atoms with E-state index in [9.17, 15) is 4.79 Å². The highest BCUT2D eigenvalue weighted by Gasteiger charge is 2.14. The Balaban J connectivity index is 2.22. The molecule has 2 aromatic heterocycles. The van der Waals surface area contributed by atoms with E-state index in [2.05, 4.69) is 26.5 Å². The van der Waals surface area contributed by atoms with Crippen LogP contribution in [0.15, 0.2) is 33.6 Å². The zero-order valence-electron chi connectivity index (χ0n) is 8.18. The molecule has 0 fully saturated rings. The third-order valence-corrected chi connectivity index (χ3v) is 2.44. The first kappa shape index (κ1) is 10.9. The zero-order chi connectivity index (χ0) is 11.5. The quantitative estimate of drug-likeness (QED) is 0.498. The minimum Gasteiger partial charge on any atom is -0.467 e. The summed E-state index contributed by atoms with van der Waals surface area (Å²) in [6.45, 7) is 0.376. The molecule has 0 radical (unpaired) electrons. The third kappa shape index (κ3) is 2.15. The number of aromatic nitrogens is 2. The first-order valence-corrected chi connectivity index (χ1v) is 5.25. The van der Waals surface area contributed by atoms with Crippen molar-refractivity contribution in [2.45, 2.75) is 6.54 Å². The smallest absolute Gasteiger partial charge is 0.268 e. The van der Waals surface area contributed by atoms with Gasteiger partial charge in [-0.2, -0.15) is 5.10 Å². The van der Waals surface area contributed by atoms with E-state index in [4.69, 9.17) is 10.3 Å². The van der Waals surface area contributed by atoms with Crippen molar-refractivity contribution in [2.75, 3.05) is 0 Å². The highest BCUT2D eigenvalue weighted by atomic mass is 79.9. The van der Waals surface area contributed by atoms with Crippen molar-refractivity contribution in [3.8, 4) is 0 Å². The SMILES string of the molecule is NNC(=O)c1ccoc1Cn1cc(Br)cn1. The highest BCUT2D eigenvalue weighted by Crippen LogP contribution is 2.13. The first-order chi connectivity index (χ1) is 7.70. The topological polar surface area (TPSA) is 86.1 Å². The maximum atomic E-state index is 11.4. The second kappa shape index (κ2) is 4.50. The lowest BCUT2D eigenvalue weighted by molar-refractivity contribution is 0.0951. The number of hydrogen-bond donors (Lipinski definition) is 2. The lowest BCUT2D eigenvalue weighted by atomic mass is 10.2. The summed E-state index contributed by atoms with van der Waals surface area (Å²) in [6.07, 6.45) is 4.89. The summed E-state index contributed by atoms with van der Waals surface area (Å²) in [7, 11) is 0. The van der Waals surface area contributed by atoms with Crippen molar-refractivity contribution in [1.29, 1.82) is 0 Å². The Morgan fingerprint density at radius 1 is 1.69 bits per heavy atom. The van der Waals surface area contributed by atoms with Crippen LogP contribution in [-0.2, 0) is 6.54 Å². The van der Waals surface area contributed by atoms with Gasteiger partial charge in [0.1, 0.15) is 5.76 Å². The molecule has 0 spiro atoms. The molecular formula is C9H9BrN4O2. The summed E-state index contributed by atoms with van der Waals surface area (Å²) in [5.74, 6) is 5.19. The van der Waals surface area contributed by atoms with Crippen molar-refractivity contribution in [2.24, 2.45) is 5.84 Å². The maximum absolute atomic E-state index is 11.4. The molecule has 1 amide bonds. The summed E-state index contributed by atoms with van der Waals surface area (Å²) in [5, 5.41) is 4.06. The lowest BCUT2D eigenvalue weighted by Gasteiger charge is -2.01. The molecular weight excluding hydrogens is 276 g/mol. The van der Waals surface area contributed by atoms with E-state index < -0.39 is 0 Å². The number of furan rings is 1. The Bertz CT molecular complexity index is 505. The minimum absolute atomic E-state index is 0.376. The van der Waals surface area contributed by atoms with Gasteiger partial charge in [-0.3, -0.25) is 14.9 Å². The fraction of sp³-hybridized carbons (Fsp3) is 0.111. The van der Waals surface area contributed by atoms with Gasteiger partial charge in [-0.15, -0.1) is 0 Å². The van der Waals surface area contributed by atoms with E-state index in [1.165, 1.54) is 6.26 Å². The summed E-state index contributed by atoms with van der Waals surface area (Å²) in [5.41, 5.74) is 2.47. The number of nitrogens with two attached hydrogens (primary N) is 1. The van der Waals surface area contributed by atoms with Crippen LogP contribution in [-0.4, -0.2) is 15.7 Å². The van der Waals surface area contributed by atoms with Crippen LogP contribution < -0.4 is 11.3 Å². The van der Waals surface area contributed by atoms with Crippen LogP contribution in [0.5, 0.6) is 0 Å². The van der Waals surface area contributed by atoms with Crippen LogP contribution in [0.3, 0.4) is 0 Å². The van der Waals surface area contributed by atoms with Crippen LogP contribution in [0.4, 0.5) is 0 Å². The highest BCUT2D eigenvalue weighted by molar-refractivity contribution is 9.10. The standard InChI is InChI=1S/C9H9BrN4O2/c10-6-3-12-14(4-6)5-8-7(1-2-16-8)9(15)13-11/h1-4H,5,11H2,(H,13,15). The van der Waals surface area contributed by atoms with Crippen molar-refractivity contribution in [3.05, 3.63) is 40.5 Å². The lowest BCUT2D eigenvalue weighted by Crippen LogP contribution is -2.30. The van der Waals surface area contributed by atoms with Gasteiger partial charge in [-0.1, -0.05) is 0 Å².